The highest BCUT2D eigenvalue weighted by atomic mass is 16.5. The first-order chi connectivity index (χ1) is 9.67. The number of nitrogens with zero attached hydrogens (tertiary/aromatic N) is 1. The number of esters is 1. The van der Waals surface area contributed by atoms with E-state index >= 15 is 0 Å². The van der Waals surface area contributed by atoms with Gasteiger partial charge in [-0.1, -0.05) is 30.3 Å². The number of hydrogen-bond acceptors (Lipinski definition) is 3. The molecule has 1 aliphatic rings. The number of rotatable bonds is 3. The molecule has 0 bridgehead atoms. The third-order valence-electron chi connectivity index (χ3n) is 3.08. The smallest absolute Gasteiger partial charge is 0.338 e. The number of hydrogen-bond donors (Lipinski definition) is 2. The van der Waals surface area contributed by atoms with Crippen molar-refractivity contribution >= 4 is 17.6 Å². The summed E-state index contributed by atoms with van der Waals surface area (Å²) in [5.41, 5.74) is 2.27. The quantitative estimate of drug-likeness (QED) is 0.820. The monoisotopic (exact) mass is 273 g/mol. The van der Waals surface area contributed by atoms with Crippen LogP contribution in [0, 0.1) is 0 Å². The zero-order valence-corrected chi connectivity index (χ0v) is 11.9. The van der Waals surface area contributed by atoms with E-state index in [-0.39, 0.29) is 12.0 Å². The number of carbonyl (C=O) groups is 1. The van der Waals surface area contributed by atoms with Crippen molar-refractivity contribution in [3.63, 3.8) is 0 Å². The van der Waals surface area contributed by atoms with E-state index in [1.54, 1.807) is 14.0 Å². The van der Waals surface area contributed by atoms with Crippen molar-refractivity contribution < 1.29 is 9.53 Å². The van der Waals surface area contributed by atoms with Gasteiger partial charge in [-0.25, -0.2) is 4.79 Å². The number of nitrogens with one attached hydrogen (secondary N) is 2. The van der Waals surface area contributed by atoms with Gasteiger partial charge in [-0.2, -0.15) is 0 Å². The zero-order valence-electron chi connectivity index (χ0n) is 11.9. The van der Waals surface area contributed by atoms with Gasteiger partial charge in [0.1, 0.15) is 0 Å². The molecule has 0 aromatic heterocycles. The Labute approximate surface area is 118 Å². The van der Waals surface area contributed by atoms with Gasteiger partial charge in [-0.05, 0) is 19.4 Å². The van der Waals surface area contributed by atoms with Gasteiger partial charge in [0.2, 0.25) is 0 Å². The molecule has 1 unspecified atom stereocenters. The lowest BCUT2D eigenvalue weighted by Gasteiger charge is -2.29. The van der Waals surface area contributed by atoms with Crippen LogP contribution >= 0.6 is 0 Å². The van der Waals surface area contributed by atoms with Crippen molar-refractivity contribution in [2.45, 2.75) is 19.9 Å². The minimum absolute atomic E-state index is 0.163. The summed E-state index contributed by atoms with van der Waals surface area (Å²) in [5, 5.41) is 6.29. The molecule has 5 nitrogen and oxygen atoms in total. The van der Waals surface area contributed by atoms with Crippen molar-refractivity contribution in [3.8, 4) is 0 Å². The number of guanidine groups is 1. The first-order valence-corrected chi connectivity index (χ1v) is 6.64. The highest BCUT2D eigenvalue weighted by molar-refractivity contribution is 6.05. The largest absolute Gasteiger partial charge is 0.463 e. The van der Waals surface area contributed by atoms with Crippen molar-refractivity contribution in [1.82, 2.24) is 10.6 Å². The Morgan fingerprint density at radius 1 is 1.35 bits per heavy atom. The molecule has 1 aromatic rings. The Kier molecular flexibility index (Phi) is 4.40. The number of aliphatic imine (C=N–C) groups is 1. The lowest BCUT2D eigenvalue weighted by Crippen LogP contribution is -2.49. The molecule has 0 saturated heterocycles. The van der Waals surface area contributed by atoms with E-state index in [2.05, 4.69) is 15.6 Å². The SMILES string of the molecule is CCOC(=O)C1=C(c2ccccc2)NC(=NC)NC1C. The molecule has 106 valence electrons. The molecule has 0 radical (unpaired) electrons. The fourth-order valence-corrected chi connectivity index (χ4v) is 2.16. The van der Waals surface area contributed by atoms with Crippen LogP contribution in [0.25, 0.3) is 5.70 Å². The van der Waals surface area contributed by atoms with Crippen molar-refractivity contribution in [2.24, 2.45) is 4.99 Å². The molecular weight excluding hydrogens is 254 g/mol. The summed E-state index contributed by atoms with van der Waals surface area (Å²) in [5.74, 6) is 0.332. The van der Waals surface area contributed by atoms with Gasteiger partial charge in [0.05, 0.1) is 23.9 Å². The molecule has 0 spiro atoms. The third-order valence-corrected chi connectivity index (χ3v) is 3.08. The molecule has 0 amide bonds. The van der Waals surface area contributed by atoms with E-state index in [1.807, 2.05) is 37.3 Å². The average molecular weight is 273 g/mol. The first-order valence-electron chi connectivity index (χ1n) is 6.64. The van der Waals surface area contributed by atoms with E-state index in [0.29, 0.717) is 18.1 Å². The van der Waals surface area contributed by atoms with Crippen LogP contribution in [0.1, 0.15) is 19.4 Å². The Morgan fingerprint density at radius 2 is 2.05 bits per heavy atom. The lowest BCUT2D eigenvalue weighted by atomic mass is 9.99. The molecule has 1 heterocycles. The maximum atomic E-state index is 12.2. The van der Waals surface area contributed by atoms with E-state index in [0.717, 1.165) is 11.3 Å². The molecule has 0 saturated carbocycles. The summed E-state index contributed by atoms with van der Waals surface area (Å²) in [4.78, 5) is 16.3. The standard InChI is InChI=1S/C15H19N3O2/c1-4-20-14(19)12-10(2)17-15(16-3)18-13(12)11-8-6-5-7-9-11/h5-10H,4H2,1-3H3,(H2,16,17,18). The first kappa shape index (κ1) is 14.1. The van der Waals surface area contributed by atoms with Crippen LogP contribution in [0.2, 0.25) is 0 Å². The van der Waals surface area contributed by atoms with Crippen molar-refractivity contribution in [1.29, 1.82) is 0 Å². The fraction of sp³-hybridized carbons (Fsp3) is 0.333. The maximum absolute atomic E-state index is 12.2. The van der Waals surface area contributed by atoms with Gasteiger partial charge in [0.15, 0.2) is 5.96 Å². The summed E-state index contributed by atoms with van der Waals surface area (Å²) in [6.45, 7) is 4.07. The fourth-order valence-electron chi connectivity index (χ4n) is 2.16. The second-order valence-electron chi connectivity index (χ2n) is 4.44. The number of benzene rings is 1. The Balaban J connectivity index is 2.51. The normalized spacial score (nSPS) is 20.4. The molecule has 2 rings (SSSR count). The van der Waals surface area contributed by atoms with Gasteiger partial charge in [-0.3, -0.25) is 4.99 Å². The third kappa shape index (κ3) is 2.82. The van der Waals surface area contributed by atoms with Crippen LogP contribution in [0.3, 0.4) is 0 Å². The zero-order chi connectivity index (χ0) is 14.5. The molecular formula is C15H19N3O2. The van der Waals surface area contributed by atoms with Gasteiger partial charge in [0, 0.05) is 7.05 Å². The summed E-state index contributed by atoms with van der Waals surface area (Å²) >= 11 is 0. The topological polar surface area (TPSA) is 62.7 Å². The minimum atomic E-state index is -0.311. The van der Waals surface area contributed by atoms with Crippen LogP contribution in [-0.2, 0) is 9.53 Å². The summed E-state index contributed by atoms with van der Waals surface area (Å²) in [6.07, 6.45) is 0. The predicted octanol–water partition coefficient (Wildman–Crippen LogP) is 1.53. The average Bonchev–Trinajstić information content (AvgIpc) is 2.47. The maximum Gasteiger partial charge on any atom is 0.338 e. The second kappa shape index (κ2) is 6.23. The van der Waals surface area contributed by atoms with Crippen LogP contribution in [0.4, 0.5) is 0 Å². The number of ether oxygens (including phenoxy) is 1. The van der Waals surface area contributed by atoms with E-state index in [1.165, 1.54) is 0 Å². The van der Waals surface area contributed by atoms with E-state index in [9.17, 15) is 4.79 Å². The Hall–Kier alpha value is -2.30. The Morgan fingerprint density at radius 3 is 2.65 bits per heavy atom. The van der Waals surface area contributed by atoms with Gasteiger partial charge in [-0.15, -0.1) is 0 Å². The highest BCUT2D eigenvalue weighted by Gasteiger charge is 2.29. The minimum Gasteiger partial charge on any atom is -0.463 e. The molecule has 20 heavy (non-hydrogen) atoms. The second-order valence-corrected chi connectivity index (χ2v) is 4.44. The molecule has 2 N–H and O–H groups in total. The molecule has 1 aromatic carbocycles. The Bertz CT molecular complexity index is 549. The molecule has 1 aliphatic heterocycles. The molecule has 0 fully saturated rings. The van der Waals surface area contributed by atoms with Gasteiger partial charge >= 0.3 is 5.97 Å². The van der Waals surface area contributed by atoms with Gasteiger partial charge in [0.25, 0.3) is 0 Å². The highest BCUT2D eigenvalue weighted by Crippen LogP contribution is 2.22. The van der Waals surface area contributed by atoms with Crippen LogP contribution < -0.4 is 10.6 Å². The summed E-state index contributed by atoms with van der Waals surface area (Å²) in [6, 6.07) is 9.54. The van der Waals surface area contributed by atoms with Crippen LogP contribution in [0.15, 0.2) is 40.9 Å². The van der Waals surface area contributed by atoms with Gasteiger partial charge < -0.3 is 15.4 Å². The summed E-state index contributed by atoms with van der Waals surface area (Å²) in [7, 11) is 1.69. The lowest BCUT2D eigenvalue weighted by molar-refractivity contribution is -0.138. The van der Waals surface area contributed by atoms with Crippen molar-refractivity contribution in [3.05, 3.63) is 41.5 Å². The molecule has 0 aliphatic carbocycles. The van der Waals surface area contributed by atoms with E-state index < -0.39 is 0 Å². The van der Waals surface area contributed by atoms with E-state index in [4.69, 9.17) is 4.74 Å². The molecule has 1 atom stereocenters. The van der Waals surface area contributed by atoms with Crippen molar-refractivity contribution in [2.75, 3.05) is 13.7 Å². The van der Waals surface area contributed by atoms with Crippen LogP contribution in [0.5, 0.6) is 0 Å². The predicted molar refractivity (Wildman–Crippen MR) is 79.1 cm³/mol. The van der Waals surface area contributed by atoms with Crippen LogP contribution in [-0.4, -0.2) is 31.6 Å². The number of carbonyl (C=O) groups excluding carboxylic acids is 1. The summed E-state index contributed by atoms with van der Waals surface area (Å²) < 4.78 is 5.16. The molecule has 5 heteroatoms.